The topological polar surface area (TPSA) is 70.8 Å². The first-order valence-electron chi connectivity index (χ1n) is 7.22. The second-order valence-electron chi connectivity index (χ2n) is 5.63. The molecule has 3 unspecified atom stereocenters. The number of piperazine rings is 1. The highest BCUT2D eigenvalue weighted by Gasteiger charge is 2.32. The first-order chi connectivity index (χ1) is 9.13. The number of rotatable bonds is 4. The van der Waals surface area contributed by atoms with Crippen LogP contribution in [0.15, 0.2) is 0 Å². The summed E-state index contributed by atoms with van der Waals surface area (Å²) >= 11 is 0. The molecule has 0 aromatic rings. The molecule has 19 heavy (non-hydrogen) atoms. The summed E-state index contributed by atoms with van der Waals surface area (Å²) in [5, 5.41) is 0. The maximum atomic E-state index is 11.4. The first kappa shape index (κ1) is 14.7. The number of carbonyl (C=O) groups excluding carboxylic acids is 1. The molecule has 0 bridgehead atoms. The highest BCUT2D eigenvalue weighted by molar-refractivity contribution is 5.80. The van der Waals surface area contributed by atoms with E-state index < -0.39 is 0 Å². The van der Waals surface area contributed by atoms with Crippen LogP contribution in [0.25, 0.3) is 0 Å². The molecule has 2 aliphatic rings. The number of hydrazine groups is 1. The van der Waals surface area contributed by atoms with Gasteiger partial charge in [0.2, 0.25) is 0 Å². The largest absolute Gasteiger partial charge is 0.364 e. The summed E-state index contributed by atoms with van der Waals surface area (Å²) in [7, 11) is 2.19. The molecule has 6 nitrogen and oxygen atoms in total. The van der Waals surface area contributed by atoms with Gasteiger partial charge in [0, 0.05) is 32.2 Å². The number of amides is 1. The van der Waals surface area contributed by atoms with Gasteiger partial charge in [-0.2, -0.15) is 0 Å². The molecular formula is C13H26N4O2. The summed E-state index contributed by atoms with van der Waals surface area (Å²) in [5.41, 5.74) is 2.17. The molecule has 2 saturated heterocycles. The second-order valence-corrected chi connectivity index (χ2v) is 5.63. The van der Waals surface area contributed by atoms with E-state index >= 15 is 0 Å². The lowest BCUT2D eigenvalue weighted by Crippen LogP contribution is -2.52. The quantitative estimate of drug-likeness (QED) is 0.411. The normalized spacial score (nSPS) is 33.5. The van der Waals surface area contributed by atoms with Crippen molar-refractivity contribution in [3.63, 3.8) is 0 Å². The van der Waals surface area contributed by atoms with Gasteiger partial charge in [0.1, 0.15) is 6.10 Å². The molecule has 110 valence electrons. The van der Waals surface area contributed by atoms with Crippen molar-refractivity contribution in [2.75, 3.05) is 33.2 Å². The van der Waals surface area contributed by atoms with Gasteiger partial charge < -0.3 is 9.64 Å². The molecule has 1 amide bonds. The summed E-state index contributed by atoms with van der Waals surface area (Å²) in [6.07, 6.45) is 2.71. The number of hydrogen-bond acceptors (Lipinski definition) is 5. The molecule has 2 fully saturated rings. The Kier molecular flexibility index (Phi) is 5.15. The SMILES string of the molecule is CCC1CN(CC2CCC(C(=O)NN)O2)CCN1C. The van der Waals surface area contributed by atoms with E-state index in [1.54, 1.807) is 0 Å². The summed E-state index contributed by atoms with van der Waals surface area (Å²) in [4.78, 5) is 16.3. The smallest absolute Gasteiger partial charge is 0.263 e. The van der Waals surface area contributed by atoms with Crippen LogP contribution in [0.5, 0.6) is 0 Å². The molecule has 0 aromatic carbocycles. The fraction of sp³-hybridized carbons (Fsp3) is 0.923. The molecule has 3 N–H and O–H groups in total. The molecule has 2 heterocycles. The minimum absolute atomic E-state index is 0.170. The molecule has 6 heteroatoms. The van der Waals surface area contributed by atoms with Crippen molar-refractivity contribution in [2.45, 2.75) is 44.4 Å². The van der Waals surface area contributed by atoms with Gasteiger partial charge >= 0.3 is 0 Å². The van der Waals surface area contributed by atoms with E-state index in [4.69, 9.17) is 10.6 Å². The molecule has 0 radical (unpaired) electrons. The average Bonchev–Trinajstić information content (AvgIpc) is 2.88. The van der Waals surface area contributed by atoms with Crippen LogP contribution in [0.1, 0.15) is 26.2 Å². The zero-order valence-electron chi connectivity index (χ0n) is 12.0. The van der Waals surface area contributed by atoms with Crippen molar-refractivity contribution in [3.8, 4) is 0 Å². The van der Waals surface area contributed by atoms with Crippen molar-refractivity contribution < 1.29 is 9.53 Å². The van der Waals surface area contributed by atoms with E-state index in [0.717, 1.165) is 39.0 Å². The van der Waals surface area contributed by atoms with Gasteiger partial charge in [-0.05, 0) is 26.3 Å². The molecule has 3 atom stereocenters. The van der Waals surface area contributed by atoms with Gasteiger partial charge in [0.05, 0.1) is 6.10 Å². The molecular weight excluding hydrogens is 244 g/mol. The Bertz CT molecular complexity index is 313. The number of likely N-dealkylation sites (N-methyl/N-ethyl adjacent to an activating group) is 1. The van der Waals surface area contributed by atoms with E-state index in [0.29, 0.717) is 6.04 Å². The maximum absolute atomic E-state index is 11.4. The Balaban J connectivity index is 1.78. The van der Waals surface area contributed by atoms with Gasteiger partial charge in [-0.25, -0.2) is 5.84 Å². The van der Waals surface area contributed by atoms with Crippen LogP contribution in [0.2, 0.25) is 0 Å². The fourth-order valence-electron chi connectivity index (χ4n) is 3.03. The molecule has 2 rings (SSSR count). The van der Waals surface area contributed by atoms with Crippen LogP contribution in [0, 0.1) is 0 Å². The van der Waals surface area contributed by atoms with E-state index in [1.807, 2.05) is 0 Å². The number of nitrogens with zero attached hydrogens (tertiary/aromatic N) is 2. The van der Waals surface area contributed by atoms with Gasteiger partial charge in [-0.15, -0.1) is 0 Å². The van der Waals surface area contributed by atoms with Crippen molar-refractivity contribution in [3.05, 3.63) is 0 Å². The van der Waals surface area contributed by atoms with E-state index in [2.05, 4.69) is 29.2 Å². The Morgan fingerprint density at radius 2 is 2.21 bits per heavy atom. The van der Waals surface area contributed by atoms with Crippen molar-refractivity contribution in [1.29, 1.82) is 0 Å². The summed E-state index contributed by atoms with van der Waals surface area (Å²) in [6, 6.07) is 0.637. The second kappa shape index (κ2) is 6.65. The third kappa shape index (κ3) is 3.66. The van der Waals surface area contributed by atoms with Crippen LogP contribution < -0.4 is 11.3 Å². The number of hydrogen-bond donors (Lipinski definition) is 2. The predicted molar refractivity (Wildman–Crippen MR) is 73.4 cm³/mol. The Morgan fingerprint density at radius 1 is 1.42 bits per heavy atom. The van der Waals surface area contributed by atoms with Crippen LogP contribution in [-0.2, 0) is 9.53 Å². The van der Waals surface area contributed by atoms with Gasteiger partial charge in [-0.1, -0.05) is 6.92 Å². The number of ether oxygens (including phenoxy) is 1. The lowest BCUT2D eigenvalue weighted by Gasteiger charge is -2.39. The number of nitrogens with two attached hydrogens (primary N) is 1. The van der Waals surface area contributed by atoms with E-state index in [1.165, 1.54) is 6.42 Å². The maximum Gasteiger partial charge on any atom is 0.263 e. The summed E-state index contributed by atoms with van der Waals surface area (Å²) < 4.78 is 5.77. The Labute approximate surface area is 115 Å². The zero-order valence-corrected chi connectivity index (χ0v) is 12.0. The lowest BCUT2D eigenvalue weighted by molar-refractivity contribution is -0.132. The van der Waals surface area contributed by atoms with Crippen molar-refractivity contribution >= 4 is 5.91 Å². The van der Waals surface area contributed by atoms with E-state index in [9.17, 15) is 4.79 Å². The monoisotopic (exact) mass is 270 g/mol. The van der Waals surface area contributed by atoms with E-state index in [-0.39, 0.29) is 18.1 Å². The first-order valence-corrected chi connectivity index (χ1v) is 7.22. The Morgan fingerprint density at radius 3 is 2.89 bits per heavy atom. The fourth-order valence-corrected chi connectivity index (χ4v) is 3.03. The minimum Gasteiger partial charge on any atom is -0.364 e. The van der Waals surface area contributed by atoms with Crippen molar-refractivity contribution in [2.24, 2.45) is 5.84 Å². The molecule has 0 spiro atoms. The van der Waals surface area contributed by atoms with Gasteiger partial charge in [0.25, 0.3) is 5.91 Å². The van der Waals surface area contributed by atoms with Crippen LogP contribution in [0.3, 0.4) is 0 Å². The molecule has 0 aliphatic carbocycles. The number of nitrogens with one attached hydrogen (secondary N) is 1. The third-order valence-electron chi connectivity index (χ3n) is 4.34. The highest BCUT2D eigenvalue weighted by Crippen LogP contribution is 2.22. The average molecular weight is 270 g/mol. The number of carbonyl (C=O) groups is 1. The standard InChI is InChI=1S/C13H26N4O2/c1-3-10-8-17(7-6-16(10)2)9-11-4-5-12(19-11)13(18)15-14/h10-12H,3-9,14H2,1-2H3,(H,15,18). The molecule has 2 aliphatic heterocycles. The predicted octanol–water partition coefficient (Wildman–Crippen LogP) is -0.450. The van der Waals surface area contributed by atoms with Crippen LogP contribution >= 0.6 is 0 Å². The Hall–Kier alpha value is -0.690. The van der Waals surface area contributed by atoms with Gasteiger partial charge in [-0.3, -0.25) is 15.1 Å². The van der Waals surface area contributed by atoms with Crippen molar-refractivity contribution in [1.82, 2.24) is 15.2 Å². The highest BCUT2D eigenvalue weighted by atomic mass is 16.5. The lowest BCUT2D eigenvalue weighted by atomic mass is 10.1. The summed E-state index contributed by atoms with van der Waals surface area (Å²) in [6.45, 7) is 6.45. The minimum atomic E-state index is -0.357. The van der Waals surface area contributed by atoms with Crippen LogP contribution in [-0.4, -0.2) is 67.2 Å². The third-order valence-corrected chi connectivity index (χ3v) is 4.34. The van der Waals surface area contributed by atoms with Crippen LogP contribution in [0.4, 0.5) is 0 Å². The zero-order chi connectivity index (χ0) is 13.8. The van der Waals surface area contributed by atoms with Gasteiger partial charge in [0.15, 0.2) is 0 Å². The summed E-state index contributed by atoms with van der Waals surface area (Å²) in [5.74, 6) is 4.94. The molecule has 0 saturated carbocycles. The molecule has 0 aromatic heterocycles.